The maximum atomic E-state index is 3.43. The lowest BCUT2D eigenvalue weighted by molar-refractivity contribution is -0.342. The molecule has 3 aromatic carbocycles. The van der Waals surface area contributed by atoms with Crippen LogP contribution < -0.4 is 4.99 Å². The third-order valence-corrected chi connectivity index (χ3v) is 5.06. The molecular weight excluding hydrogens is 316 g/mol. The topological polar surface area (TPSA) is 29.8 Å². The van der Waals surface area contributed by atoms with Crippen LogP contribution in [0.25, 0.3) is 22.0 Å². The highest BCUT2D eigenvalue weighted by atomic mass is 14.8. The van der Waals surface area contributed by atoms with Gasteiger partial charge in [-0.1, -0.05) is 60.2 Å². The second kappa shape index (κ2) is 5.85. The predicted octanol–water partition coefficient (Wildman–Crippen LogP) is 4.23. The number of aromatic amines is 1. The summed E-state index contributed by atoms with van der Waals surface area (Å²) in [5.74, 6) is 0. The number of aryl methyl sites for hydroxylation is 1. The summed E-state index contributed by atoms with van der Waals surface area (Å²) in [6, 6.07) is 25.7. The Morgan fingerprint density at radius 1 is 0.846 bits per heavy atom. The minimum Gasteiger partial charge on any atom is -0.361 e. The summed E-state index contributed by atoms with van der Waals surface area (Å²) in [4.78, 5) is 6.86. The molecule has 0 unspecified atom stereocenters. The molecule has 124 valence electrons. The van der Waals surface area contributed by atoms with Crippen molar-refractivity contribution in [2.75, 3.05) is 0 Å². The smallest absolute Gasteiger partial charge is 0.211 e. The molecule has 26 heavy (non-hydrogen) atoms. The lowest BCUT2D eigenvalue weighted by Crippen LogP contribution is -2.58. The van der Waals surface area contributed by atoms with Gasteiger partial charge in [0.1, 0.15) is 0 Å². The third-order valence-electron chi connectivity index (χ3n) is 5.06. The molecule has 2 N–H and O–H groups in total. The molecule has 0 bridgehead atoms. The summed E-state index contributed by atoms with van der Waals surface area (Å²) >= 11 is 0. The lowest BCUT2D eigenvalue weighted by atomic mass is 9.90. The molecule has 1 aliphatic rings. The molecule has 0 radical (unpaired) electrons. The van der Waals surface area contributed by atoms with Crippen LogP contribution in [0.5, 0.6) is 0 Å². The fourth-order valence-corrected chi connectivity index (χ4v) is 3.73. The highest BCUT2D eigenvalue weighted by Gasteiger charge is 2.24. The van der Waals surface area contributed by atoms with Crippen molar-refractivity contribution in [3.63, 3.8) is 0 Å². The minimum atomic E-state index is 1.16. The number of hydrogen-bond donors (Lipinski definition) is 2. The molecular formula is C24H19N2+. The van der Waals surface area contributed by atoms with Crippen LogP contribution in [0.1, 0.15) is 22.3 Å². The zero-order valence-electron chi connectivity index (χ0n) is 14.6. The van der Waals surface area contributed by atoms with E-state index in [0.29, 0.717) is 0 Å². The van der Waals surface area contributed by atoms with Gasteiger partial charge in [-0.2, -0.15) is 0 Å². The molecule has 0 amide bonds. The summed E-state index contributed by atoms with van der Waals surface area (Å²) in [5, 5.41) is 1.24. The van der Waals surface area contributed by atoms with Gasteiger partial charge in [0.2, 0.25) is 5.69 Å². The molecule has 1 aromatic heterocycles. The Labute approximate surface area is 152 Å². The van der Waals surface area contributed by atoms with E-state index in [0.717, 1.165) is 11.2 Å². The Hall–Kier alpha value is -3.39. The number of nitrogens with one attached hydrogen (secondary N) is 2. The van der Waals surface area contributed by atoms with Crippen LogP contribution in [0.2, 0.25) is 0 Å². The normalized spacial score (nSPS) is 14.7. The van der Waals surface area contributed by atoms with Crippen molar-refractivity contribution in [3.8, 4) is 0 Å². The highest BCUT2D eigenvalue weighted by molar-refractivity contribution is 6.24. The zero-order valence-corrected chi connectivity index (χ0v) is 14.6. The maximum Gasteiger partial charge on any atom is 0.211 e. The Kier molecular flexibility index (Phi) is 3.36. The van der Waals surface area contributed by atoms with Gasteiger partial charge in [0, 0.05) is 34.3 Å². The van der Waals surface area contributed by atoms with Crippen molar-refractivity contribution >= 4 is 34.0 Å². The SMILES string of the molecule is Cc1ccc(C(=C2C=[NH+]c3ccccc32)c2c[nH]c3ccccc23)cc1. The van der Waals surface area contributed by atoms with E-state index in [1.165, 1.54) is 38.8 Å². The van der Waals surface area contributed by atoms with Gasteiger partial charge in [-0.05, 0) is 24.6 Å². The van der Waals surface area contributed by atoms with Crippen LogP contribution in [-0.4, -0.2) is 11.2 Å². The van der Waals surface area contributed by atoms with Gasteiger partial charge in [-0.25, -0.2) is 4.99 Å². The number of para-hydroxylation sites is 2. The van der Waals surface area contributed by atoms with Gasteiger partial charge in [0.05, 0.1) is 11.1 Å². The highest BCUT2D eigenvalue weighted by Crippen LogP contribution is 2.37. The lowest BCUT2D eigenvalue weighted by Gasteiger charge is -2.10. The average Bonchev–Trinajstić information content (AvgIpc) is 3.29. The zero-order chi connectivity index (χ0) is 17.5. The molecule has 2 nitrogen and oxygen atoms in total. The molecule has 0 atom stereocenters. The number of benzene rings is 3. The summed E-state index contributed by atoms with van der Waals surface area (Å²) in [7, 11) is 0. The van der Waals surface area contributed by atoms with E-state index < -0.39 is 0 Å². The fraction of sp³-hybridized carbons (Fsp3) is 0.0417. The van der Waals surface area contributed by atoms with E-state index in [4.69, 9.17) is 0 Å². The fourth-order valence-electron chi connectivity index (χ4n) is 3.73. The quantitative estimate of drug-likeness (QED) is 0.549. The summed E-state index contributed by atoms with van der Waals surface area (Å²) in [6.07, 6.45) is 4.25. The predicted molar refractivity (Wildman–Crippen MR) is 109 cm³/mol. The molecule has 0 fully saturated rings. The van der Waals surface area contributed by atoms with Gasteiger partial charge in [-0.15, -0.1) is 0 Å². The number of aromatic nitrogens is 1. The van der Waals surface area contributed by atoms with Gasteiger partial charge in [0.15, 0.2) is 6.21 Å². The standard InChI is InChI=1S/C24H18N2/c1-16-10-12-17(13-11-16)24(20-14-25-22-8-4-2-6-18(20)22)21-15-26-23-9-5-3-7-19(21)23/h2-15,25H,1H3/p+1. The van der Waals surface area contributed by atoms with Gasteiger partial charge < -0.3 is 4.98 Å². The molecule has 1 aliphatic heterocycles. The first kappa shape index (κ1) is 14.9. The molecule has 0 aliphatic carbocycles. The van der Waals surface area contributed by atoms with Crippen LogP contribution in [0, 0.1) is 6.92 Å². The largest absolute Gasteiger partial charge is 0.361 e. The van der Waals surface area contributed by atoms with Crippen LogP contribution in [0.15, 0.2) is 79.0 Å². The van der Waals surface area contributed by atoms with Crippen molar-refractivity contribution in [2.45, 2.75) is 6.92 Å². The maximum absolute atomic E-state index is 3.43. The molecule has 4 aromatic rings. The van der Waals surface area contributed by atoms with E-state index in [-0.39, 0.29) is 0 Å². The molecule has 0 saturated heterocycles. The molecule has 2 heteroatoms. The molecule has 0 saturated carbocycles. The van der Waals surface area contributed by atoms with Crippen molar-refractivity contribution in [1.29, 1.82) is 0 Å². The van der Waals surface area contributed by atoms with E-state index >= 15 is 0 Å². The molecule has 0 spiro atoms. The number of H-pyrrole nitrogens is 1. The second-order valence-electron chi connectivity index (χ2n) is 6.74. The van der Waals surface area contributed by atoms with Crippen molar-refractivity contribution < 1.29 is 4.99 Å². The Bertz CT molecular complexity index is 1170. The molecule has 5 rings (SSSR count). The van der Waals surface area contributed by atoms with Crippen molar-refractivity contribution in [3.05, 3.63) is 101 Å². The molecule has 2 heterocycles. The first-order valence-electron chi connectivity index (χ1n) is 8.88. The van der Waals surface area contributed by atoms with Crippen LogP contribution in [-0.2, 0) is 0 Å². The minimum absolute atomic E-state index is 1.16. The van der Waals surface area contributed by atoms with Gasteiger partial charge in [-0.3, -0.25) is 0 Å². The Morgan fingerprint density at radius 3 is 2.50 bits per heavy atom. The number of allylic oxidation sites excluding steroid dienone is 1. The van der Waals surface area contributed by atoms with Gasteiger partial charge >= 0.3 is 0 Å². The first-order valence-corrected chi connectivity index (χ1v) is 8.88. The first-order chi connectivity index (χ1) is 12.8. The van der Waals surface area contributed by atoms with E-state index in [9.17, 15) is 0 Å². The number of fused-ring (bicyclic) bond motifs is 2. The third kappa shape index (κ3) is 2.31. The Balaban J connectivity index is 1.85. The van der Waals surface area contributed by atoms with E-state index in [1.54, 1.807) is 0 Å². The average molecular weight is 335 g/mol. The number of hydrogen-bond acceptors (Lipinski definition) is 0. The summed E-state index contributed by atoms with van der Waals surface area (Å²) < 4.78 is 0. The Morgan fingerprint density at radius 2 is 1.62 bits per heavy atom. The van der Waals surface area contributed by atoms with E-state index in [1.807, 2.05) is 0 Å². The number of rotatable bonds is 2. The summed E-state index contributed by atoms with van der Waals surface area (Å²) in [6.45, 7) is 2.13. The second-order valence-corrected chi connectivity index (χ2v) is 6.74. The van der Waals surface area contributed by atoms with Crippen LogP contribution in [0.3, 0.4) is 0 Å². The monoisotopic (exact) mass is 335 g/mol. The van der Waals surface area contributed by atoms with Crippen molar-refractivity contribution in [2.24, 2.45) is 0 Å². The van der Waals surface area contributed by atoms with Crippen molar-refractivity contribution in [1.82, 2.24) is 4.98 Å². The van der Waals surface area contributed by atoms with Gasteiger partial charge in [0.25, 0.3) is 0 Å². The van der Waals surface area contributed by atoms with Crippen LogP contribution in [0.4, 0.5) is 5.69 Å². The summed E-state index contributed by atoms with van der Waals surface area (Å²) in [5.41, 5.74) is 9.77. The van der Waals surface area contributed by atoms with E-state index in [2.05, 4.69) is 102 Å². The van der Waals surface area contributed by atoms with Crippen LogP contribution >= 0.6 is 0 Å².